The Bertz CT molecular complexity index is 20.8. The van der Waals surface area contributed by atoms with Gasteiger partial charge < -0.3 is 0 Å². The normalized spacial score (nSPS) is 9.00. The summed E-state index contributed by atoms with van der Waals surface area (Å²) in [7, 11) is 1.91. The van der Waals surface area contributed by atoms with Crippen molar-refractivity contribution in [2.45, 2.75) is 0 Å². The molecular formula is C3H9NS2. The summed E-state index contributed by atoms with van der Waals surface area (Å²) >= 11 is 5.68. The van der Waals surface area contributed by atoms with E-state index >= 15 is 0 Å². The Balaban J connectivity index is 2.34. The molecule has 0 aromatic heterocycles. The van der Waals surface area contributed by atoms with E-state index in [0.717, 1.165) is 11.5 Å². The first kappa shape index (κ1) is 6.66. The van der Waals surface area contributed by atoms with Gasteiger partial charge in [0, 0.05) is 11.5 Å². The molecule has 38 valence electrons. The molecule has 0 saturated carbocycles. The number of hydrogen-bond acceptors (Lipinski definition) is 3. The largest absolute Gasteiger partial charge is 0.267 e. The van der Waals surface area contributed by atoms with Crippen molar-refractivity contribution >= 4 is 24.6 Å². The molecule has 6 heavy (non-hydrogen) atoms. The van der Waals surface area contributed by atoms with E-state index in [-0.39, 0.29) is 0 Å². The molecule has 1 N–H and O–H groups in total. The van der Waals surface area contributed by atoms with Crippen LogP contribution in [-0.2, 0) is 0 Å². The number of thiol groups is 1. The van der Waals surface area contributed by atoms with Gasteiger partial charge in [-0.25, -0.2) is 0 Å². The highest BCUT2D eigenvalue weighted by atomic mass is 32.2. The minimum atomic E-state index is 0.950. The molecule has 1 nitrogen and oxygen atoms in total. The first-order valence-electron chi connectivity index (χ1n) is 1.81. The summed E-state index contributed by atoms with van der Waals surface area (Å²) in [5, 5.41) is 0. The van der Waals surface area contributed by atoms with Gasteiger partial charge in [-0.15, -0.1) is 0 Å². The Hall–Kier alpha value is 0.660. The maximum absolute atomic E-state index is 3.99. The van der Waals surface area contributed by atoms with Crippen LogP contribution in [0.25, 0.3) is 0 Å². The van der Waals surface area contributed by atoms with Crippen molar-refractivity contribution in [1.29, 1.82) is 0 Å². The van der Waals surface area contributed by atoms with E-state index in [1.165, 1.54) is 0 Å². The predicted octanol–water partition coefficient (Wildman–Crippen LogP) is 0.784. The van der Waals surface area contributed by atoms with Crippen molar-refractivity contribution in [3.8, 4) is 0 Å². The van der Waals surface area contributed by atoms with E-state index in [1.807, 2.05) is 7.05 Å². The molecular weight excluding hydrogens is 114 g/mol. The third-order valence-electron chi connectivity index (χ3n) is 0.338. The van der Waals surface area contributed by atoms with Crippen LogP contribution in [0.1, 0.15) is 0 Å². The van der Waals surface area contributed by atoms with E-state index < -0.39 is 0 Å². The highest BCUT2D eigenvalue weighted by Gasteiger charge is 1.74. The maximum Gasteiger partial charge on any atom is 0.0167 e. The zero-order valence-electron chi connectivity index (χ0n) is 3.77. The van der Waals surface area contributed by atoms with Crippen LogP contribution in [0.3, 0.4) is 0 Å². The lowest BCUT2D eigenvalue weighted by atomic mass is 11.0. The molecule has 3 heteroatoms. The summed E-state index contributed by atoms with van der Waals surface area (Å²) in [6.45, 7) is 0. The number of nitrogens with one attached hydrogen (secondary N) is 1. The summed E-state index contributed by atoms with van der Waals surface area (Å²) in [4.78, 5) is 0. The van der Waals surface area contributed by atoms with Gasteiger partial charge in [-0.2, -0.15) is 12.6 Å². The van der Waals surface area contributed by atoms with E-state index in [0.29, 0.717) is 0 Å². The predicted molar refractivity (Wildman–Crippen MR) is 35.4 cm³/mol. The number of hydrogen-bond donors (Lipinski definition) is 2. The van der Waals surface area contributed by atoms with Crippen molar-refractivity contribution < 1.29 is 0 Å². The molecule has 0 radical (unpaired) electrons. The lowest BCUT2D eigenvalue weighted by molar-refractivity contribution is 1.29. The molecule has 0 aliphatic heterocycles. The van der Waals surface area contributed by atoms with Crippen molar-refractivity contribution in [3.63, 3.8) is 0 Å². The molecule has 0 fully saturated rings. The van der Waals surface area contributed by atoms with Crippen LogP contribution in [0.2, 0.25) is 0 Å². The first-order chi connectivity index (χ1) is 2.91. The quantitative estimate of drug-likeness (QED) is 0.327. The fraction of sp³-hybridized carbons (Fsp3) is 1.00. The lowest BCUT2D eigenvalue weighted by Gasteiger charge is -1.88. The van der Waals surface area contributed by atoms with Crippen LogP contribution in [0.5, 0.6) is 0 Å². The van der Waals surface area contributed by atoms with Crippen LogP contribution in [0.15, 0.2) is 0 Å². The van der Waals surface area contributed by atoms with E-state index in [1.54, 1.807) is 11.9 Å². The number of rotatable bonds is 3. The molecule has 0 aromatic rings. The summed E-state index contributed by atoms with van der Waals surface area (Å²) in [6, 6.07) is 0. The van der Waals surface area contributed by atoms with E-state index in [4.69, 9.17) is 0 Å². The molecule has 0 rings (SSSR count). The molecule has 0 bridgehead atoms. The van der Waals surface area contributed by atoms with Crippen LogP contribution in [0, 0.1) is 0 Å². The molecule has 0 saturated heterocycles. The molecule has 0 aliphatic carbocycles. The van der Waals surface area contributed by atoms with Gasteiger partial charge in [-0.1, -0.05) is 11.9 Å². The van der Waals surface area contributed by atoms with Gasteiger partial charge in [0.05, 0.1) is 0 Å². The average molecular weight is 123 g/mol. The van der Waals surface area contributed by atoms with Gasteiger partial charge in [0.1, 0.15) is 0 Å². The van der Waals surface area contributed by atoms with Gasteiger partial charge in [0.25, 0.3) is 0 Å². The van der Waals surface area contributed by atoms with Gasteiger partial charge in [-0.3, -0.25) is 4.72 Å². The topological polar surface area (TPSA) is 12.0 Å². The summed E-state index contributed by atoms with van der Waals surface area (Å²) in [6.07, 6.45) is 0. The van der Waals surface area contributed by atoms with Gasteiger partial charge in [0.15, 0.2) is 0 Å². The Kier molecular flexibility index (Phi) is 6.28. The smallest absolute Gasteiger partial charge is 0.0167 e. The standard InChI is InChI=1S/C3H9NS2/c1-4-6-3-2-5/h4-5H,2-3H2,1H3. The van der Waals surface area contributed by atoms with Crippen LogP contribution in [0.4, 0.5) is 0 Å². The minimum Gasteiger partial charge on any atom is -0.267 e. The minimum absolute atomic E-state index is 0.950. The van der Waals surface area contributed by atoms with Crippen molar-refractivity contribution in [2.24, 2.45) is 0 Å². The maximum atomic E-state index is 3.99. The summed E-state index contributed by atoms with van der Waals surface area (Å²) in [5.74, 6) is 2.03. The Morgan fingerprint density at radius 2 is 2.50 bits per heavy atom. The third-order valence-corrected chi connectivity index (χ3v) is 1.56. The lowest BCUT2D eigenvalue weighted by Crippen LogP contribution is -1.93. The summed E-state index contributed by atoms with van der Waals surface area (Å²) < 4.78 is 2.94. The van der Waals surface area contributed by atoms with Crippen molar-refractivity contribution in [3.05, 3.63) is 0 Å². The fourth-order valence-electron chi connectivity index (χ4n) is 0.148. The third kappa shape index (κ3) is 4.66. The molecule has 0 amide bonds. The molecule has 0 aliphatic rings. The molecule has 0 atom stereocenters. The van der Waals surface area contributed by atoms with Crippen LogP contribution >= 0.6 is 24.6 Å². The molecule has 0 heterocycles. The van der Waals surface area contributed by atoms with Crippen molar-refractivity contribution in [2.75, 3.05) is 18.6 Å². The first-order valence-corrected chi connectivity index (χ1v) is 3.43. The molecule has 0 unspecified atom stereocenters. The van der Waals surface area contributed by atoms with Crippen LogP contribution in [-0.4, -0.2) is 18.6 Å². The Morgan fingerprint density at radius 3 is 2.67 bits per heavy atom. The molecule has 0 aromatic carbocycles. The van der Waals surface area contributed by atoms with Crippen molar-refractivity contribution in [1.82, 2.24) is 4.72 Å². The van der Waals surface area contributed by atoms with Gasteiger partial charge in [-0.05, 0) is 7.05 Å². The van der Waals surface area contributed by atoms with Crippen LogP contribution < -0.4 is 4.72 Å². The SMILES string of the molecule is CNSCCS. The molecule has 0 spiro atoms. The average Bonchev–Trinajstić information content (AvgIpc) is 1.61. The second kappa shape index (κ2) is 5.66. The second-order valence-electron chi connectivity index (χ2n) is 0.776. The Morgan fingerprint density at radius 1 is 1.83 bits per heavy atom. The van der Waals surface area contributed by atoms with Gasteiger partial charge in [0.2, 0.25) is 0 Å². The van der Waals surface area contributed by atoms with E-state index in [9.17, 15) is 0 Å². The zero-order chi connectivity index (χ0) is 4.83. The fourth-order valence-corrected chi connectivity index (χ4v) is 0.717. The summed E-state index contributed by atoms with van der Waals surface area (Å²) in [5.41, 5.74) is 0. The Labute approximate surface area is 48.4 Å². The monoisotopic (exact) mass is 123 g/mol. The highest BCUT2D eigenvalue weighted by molar-refractivity contribution is 7.98. The van der Waals surface area contributed by atoms with E-state index in [2.05, 4.69) is 17.4 Å². The zero-order valence-corrected chi connectivity index (χ0v) is 5.48. The highest BCUT2D eigenvalue weighted by Crippen LogP contribution is 1.89. The second-order valence-corrected chi connectivity index (χ2v) is 2.33. The van der Waals surface area contributed by atoms with Gasteiger partial charge >= 0.3 is 0 Å².